The molecule has 0 spiro atoms. The topological polar surface area (TPSA) is 69.3 Å². The standard InChI is InChI=1S/C11H19ClN4O2S/c1-9-10(8-12)11(14-13-9)19(17,18)16-5-3-4-15(2)6-7-16/h3-8H2,1-2H3,(H,13,14). The molecule has 1 aromatic heterocycles. The zero-order chi connectivity index (χ0) is 14.0. The van der Waals surface area contributed by atoms with Crippen LogP contribution in [-0.4, -0.2) is 61.0 Å². The maximum atomic E-state index is 12.6. The van der Waals surface area contributed by atoms with Gasteiger partial charge in [-0.05, 0) is 26.9 Å². The van der Waals surface area contributed by atoms with Gasteiger partial charge < -0.3 is 4.90 Å². The van der Waals surface area contributed by atoms with Crippen LogP contribution in [0.4, 0.5) is 0 Å². The van der Waals surface area contributed by atoms with Gasteiger partial charge in [0.1, 0.15) is 0 Å². The van der Waals surface area contributed by atoms with E-state index in [1.165, 1.54) is 4.31 Å². The summed E-state index contributed by atoms with van der Waals surface area (Å²) in [6.45, 7) is 4.44. The Kier molecular flexibility index (Phi) is 4.50. The SMILES string of the molecule is Cc1[nH]nc(S(=O)(=O)N2CCCN(C)CC2)c1CCl. The Labute approximate surface area is 118 Å². The molecule has 1 aliphatic rings. The largest absolute Gasteiger partial charge is 0.305 e. The molecule has 0 aromatic carbocycles. The Hall–Kier alpha value is -0.630. The van der Waals surface area contributed by atoms with Crippen molar-refractivity contribution < 1.29 is 8.42 Å². The fourth-order valence-electron chi connectivity index (χ4n) is 2.19. The number of rotatable bonds is 3. The fourth-order valence-corrected chi connectivity index (χ4v) is 4.23. The Morgan fingerprint density at radius 2 is 2.05 bits per heavy atom. The average Bonchev–Trinajstić information content (AvgIpc) is 2.60. The third kappa shape index (κ3) is 2.94. The van der Waals surface area contributed by atoms with Gasteiger partial charge in [-0.3, -0.25) is 5.10 Å². The van der Waals surface area contributed by atoms with Crippen LogP contribution in [0, 0.1) is 6.92 Å². The van der Waals surface area contributed by atoms with E-state index >= 15 is 0 Å². The monoisotopic (exact) mass is 306 g/mol. The Morgan fingerprint density at radius 1 is 1.32 bits per heavy atom. The number of nitrogens with one attached hydrogen (secondary N) is 1. The number of aryl methyl sites for hydroxylation is 1. The van der Waals surface area contributed by atoms with Crippen LogP contribution in [0.5, 0.6) is 0 Å². The zero-order valence-corrected chi connectivity index (χ0v) is 12.8. The van der Waals surface area contributed by atoms with E-state index in [0.29, 0.717) is 24.3 Å². The van der Waals surface area contributed by atoms with Crippen LogP contribution in [0.2, 0.25) is 0 Å². The third-order valence-corrected chi connectivity index (χ3v) is 5.57. The molecule has 1 saturated heterocycles. The molecule has 1 N–H and O–H groups in total. The van der Waals surface area contributed by atoms with E-state index in [4.69, 9.17) is 11.6 Å². The highest BCUT2D eigenvalue weighted by molar-refractivity contribution is 7.89. The van der Waals surface area contributed by atoms with E-state index in [1.807, 2.05) is 7.05 Å². The van der Waals surface area contributed by atoms with Crippen LogP contribution in [-0.2, 0) is 15.9 Å². The van der Waals surface area contributed by atoms with Gasteiger partial charge in [0.2, 0.25) is 0 Å². The number of aromatic nitrogens is 2. The van der Waals surface area contributed by atoms with Gasteiger partial charge in [-0.15, -0.1) is 11.6 Å². The lowest BCUT2D eigenvalue weighted by Gasteiger charge is -2.19. The number of likely N-dealkylation sites (N-methyl/N-ethyl adjacent to an activating group) is 1. The molecule has 108 valence electrons. The summed E-state index contributed by atoms with van der Waals surface area (Å²) in [7, 11) is -1.55. The maximum absolute atomic E-state index is 12.6. The van der Waals surface area contributed by atoms with Gasteiger partial charge in [0, 0.05) is 30.9 Å². The summed E-state index contributed by atoms with van der Waals surface area (Å²) in [5, 5.41) is 6.71. The Morgan fingerprint density at radius 3 is 2.74 bits per heavy atom. The highest BCUT2D eigenvalue weighted by atomic mass is 35.5. The fraction of sp³-hybridized carbons (Fsp3) is 0.727. The summed E-state index contributed by atoms with van der Waals surface area (Å²) >= 11 is 5.83. The van der Waals surface area contributed by atoms with Crippen molar-refractivity contribution in [2.24, 2.45) is 0 Å². The molecule has 19 heavy (non-hydrogen) atoms. The first kappa shape index (κ1) is 14.8. The van der Waals surface area contributed by atoms with Crippen LogP contribution < -0.4 is 0 Å². The lowest BCUT2D eigenvalue weighted by molar-refractivity contribution is 0.347. The van der Waals surface area contributed by atoms with E-state index in [1.54, 1.807) is 6.92 Å². The summed E-state index contributed by atoms with van der Waals surface area (Å²) in [5.41, 5.74) is 1.28. The Balaban J connectivity index is 2.31. The van der Waals surface area contributed by atoms with Crippen molar-refractivity contribution in [2.45, 2.75) is 24.3 Å². The summed E-state index contributed by atoms with van der Waals surface area (Å²) in [5.74, 6) is 0.143. The van der Waals surface area contributed by atoms with Gasteiger partial charge in [0.15, 0.2) is 5.03 Å². The van der Waals surface area contributed by atoms with Crippen LogP contribution in [0.25, 0.3) is 0 Å². The quantitative estimate of drug-likeness (QED) is 0.838. The molecule has 1 aromatic rings. The predicted octanol–water partition coefficient (Wildman–Crippen LogP) is 0.783. The second kappa shape index (κ2) is 5.78. The molecule has 0 unspecified atom stereocenters. The average molecular weight is 307 g/mol. The molecule has 1 aliphatic heterocycles. The molecule has 8 heteroatoms. The second-order valence-corrected chi connectivity index (χ2v) is 6.95. The minimum Gasteiger partial charge on any atom is -0.305 e. The van der Waals surface area contributed by atoms with Crippen molar-refractivity contribution in [3.63, 3.8) is 0 Å². The molecule has 0 amide bonds. The van der Waals surface area contributed by atoms with Crippen molar-refractivity contribution in [1.82, 2.24) is 19.4 Å². The van der Waals surface area contributed by atoms with Gasteiger partial charge >= 0.3 is 0 Å². The summed E-state index contributed by atoms with van der Waals surface area (Å²) in [6.07, 6.45) is 0.829. The smallest absolute Gasteiger partial charge is 0.262 e. The second-order valence-electron chi connectivity index (χ2n) is 4.83. The molecule has 6 nitrogen and oxygen atoms in total. The van der Waals surface area contributed by atoms with E-state index in [2.05, 4.69) is 15.1 Å². The molecular formula is C11H19ClN4O2S. The molecule has 0 atom stereocenters. The number of hydrogen-bond acceptors (Lipinski definition) is 4. The van der Waals surface area contributed by atoms with E-state index in [9.17, 15) is 8.42 Å². The molecule has 0 aliphatic carbocycles. The molecule has 0 bridgehead atoms. The van der Waals surface area contributed by atoms with Crippen LogP contribution in [0.3, 0.4) is 0 Å². The number of aromatic amines is 1. The summed E-state index contributed by atoms with van der Waals surface area (Å²) in [4.78, 5) is 2.13. The number of H-pyrrole nitrogens is 1. The first-order valence-electron chi connectivity index (χ1n) is 6.25. The number of alkyl halides is 1. The zero-order valence-electron chi connectivity index (χ0n) is 11.2. The highest BCUT2D eigenvalue weighted by Gasteiger charge is 2.31. The molecule has 2 heterocycles. The lowest BCUT2D eigenvalue weighted by Crippen LogP contribution is -2.35. The van der Waals surface area contributed by atoms with Crippen molar-refractivity contribution in [3.05, 3.63) is 11.3 Å². The first-order chi connectivity index (χ1) is 8.96. The van der Waals surface area contributed by atoms with Gasteiger partial charge in [-0.1, -0.05) is 0 Å². The summed E-state index contributed by atoms with van der Waals surface area (Å²) in [6, 6.07) is 0. The third-order valence-electron chi connectivity index (χ3n) is 3.43. The van der Waals surface area contributed by atoms with E-state index in [0.717, 1.165) is 19.5 Å². The minimum atomic E-state index is -3.55. The lowest BCUT2D eigenvalue weighted by atomic mass is 10.3. The maximum Gasteiger partial charge on any atom is 0.262 e. The molecule has 0 saturated carbocycles. The minimum absolute atomic E-state index is 0.0737. The predicted molar refractivity (Wildman–Crippen MR) is 73.8 cm³/mol. The Bertz CT molecular complexity index is 543. The normalized spacial score (nSPS) is 19.5. The molecule has 1 fully saturated rings. The van der Waals surface area contributed by atoms with Gasteiger partial charge in [0.05, 0.1) is 5.88 Å². The first-order valence-corrected chi connectivity index (χ1v) is 8.22. The van der Waals surface area contributed by atoms with Crippen LogP contribution in [0.1, 0.15) is 17.7 Å². The molecule has 2 rings (SSSR count). The number of sulfonamides is 1. The summed E-state index contributed by atoms with van der Waals surface area (Å²) < 4.78 is 26.7. The number of nitrogens with zero attached hydrogens (tertiary/aromatic N) is 3. The number of halogens is 1. The van der Waals surface area contributed by atoms with Gasteiger partial charge in [-0.25, -0.2) is 8.42 Å². The van der Waals surface area contributed by atoms with Crippen molar-refractivity contribution in [1.29, 1.82) is 0 Å². The van der Waals surface area contributed by atoms with Crippen molar-refractivity contribution in [3.8, 4) is 0 Å². The van der Waals surface area contributed by atoms with Crippen LogP contribution in [0.15, 0.2) is 5.03 Å². The van der Waals surface area contributed by atoms with Gasteiger partial charge in [-0.2, -0.15) is 9.40 Å². The number of hydrogen-bond donors (Lipinski definition) is 1. The highest BCUT2D eigenvalue weighted by Crippen LogP contribution is 2.22. The van der Waals surface area contributed by atoms with Crippen molar-refractivity contribution in [2.75, 3.05) is 33.2 Å². The van der Waals surface area contributed by atoms with Crippen molar-refractivity contribution >= 4 is 21.6 Å². The van der Waals surface area contributed by atoms with Gasteiger partial charge in [0.25, 0.3) is 10.0 Å². The van der Waals surface area contributed by atoms with Crippen LogP contribution >= 0.6 is 11.6 Å². The van der Waals surface area contributed by atoms with E-state index < -0.39 is 10.0 Å². The molecular weight excluding hydrogens is 288 g/mol. The van der Waals surface area contributed by atoms with E-state index in [-0.39, 0.29) is 10.9 Å². The molecule has 0 radical (unpaired) electrons.